The van der Waals surface area contributed by atoms with Gasteiger partial charge in [0.15, 0.2) is 0 Å². The molecule has 0 aromatic carbocycles. The molecule has 0 aliphatic rings. The maximum atomic E-state index is 11.6. The van der Waals surface area contributed by atoms with E-state index < -0.39 is 5.97 Å². The molecule has 2 N–H and O–H groups in total. The topological polar surface area (TPSA) is 69.6 Å². The lowest BCUT2D eigenvalue weighted by atomic mass is 10.1. The summed E-state index contributed by atoms with van der Waals surface area (Å²) in [5.41, 5.74) is 0.363. The van der Waals surface area contributed by atoms with Gasteiger partial charge in [-0.15, -0.1) is 0 Å². The van der Waals surface area contributed by atoms with E-state index in [-0.39, 0.29) is 17.1 Å². The highest BCUT2D eigenvalue weighted by atomic mass is 16.4. The van der Waals surface area contributed by atoms with Gasteiger partial charge >= 0.3 is 5.97 Å². The molecule has 0 aliphatic carbocycles. The van der Waals surface area contributed by atoms with Gasteiger partial charge in [-0.2, -0.15) is 0 Å². The molecule has 0 heterocycles. The van der Waals surface area contributed by atoms with Crippen molar-refractivity contribution in [1.82, 2.24) is 10.2 Å². The largest absolute Gasteiger partial charge is 0.478 e. The molecule has 5 nitrogen and oxygen atoms in total. The molecule has 5 heteroatoms. The van der Waals surface area contributed by atoms with E-state index in [0.717, 1.165) is 26.1 Å². The first-order valence-corrected chi connectivity index (χ1v) is 6.35. The SMILES string of the molecule is CCN(CC)CCCNC(=O)C(C)=C(C)C(=O)O. The zero-order valence-corrected chi connectivity index (χ0v) is 11.7. The molecule has 0 aromatic heterocycles. The van der Waals surface area contributed by atoms with Gasteiger partial charge in [-0.3, -0.25) is 4.79 Å². The van der Waals surface area contributed by atoms with Crippen LogP contribution in [0, 0.1) is 0 Å². The molecule has 0 bridgehead atoms. The molecule has 0 spiro atoms. The minimum absolute atomic E-state index is 0.0937. The molecule has 0 rings (SSSR count). The second kappa shape index (κ2) is 8.69. The highest BCUT2D eigenvalue weighted by molar-refractivity contribution is 6.01. The minimum atomic E-state index is -1.05. The maximum absolute atomic E-state index is 11.6. The predicted molar refractivity (Wildman–Crippen MR) is 71.4 cm³/mol. The molecule has 0 radical (unpaired) electrons. The summed E-state index contributed by atoms with van der Waals surface area (Å²) in [7, 11) is 0. The molecule has 0 aromatic rings. The van der Waals surface area contributed by atoms with Crippen molar-refractivity contribution in [2.75, 3.05) is 26.2 Å². The summed E-state index contributed by atoms with van der Waals surface area (Å²) in [6.45, 7) is 10.7. The standard InChI is InChI=1S/C13H24N2O3/c1-5-15(6-2)9-7-8-14-12(16)10(3)11(4)13(17)18/h5-9H2,1-4H3,(H,14,16)(H,17,18). The fraction of sp³-hybridized carbons (Fsp3) is 0.692. The van der Waals surface area contributed by atoms with Crippen LogP contribution in [0.1, 0.15) is 34.1 Å². The number of nitrogens with one attached hydrogen (secondary N) is 1. The quantitative estimate of drug-likeness (QED) is 0.506. The lowest BCUT2D eigenvalue weighted by Gasteiger charge is -2.17. The molecule has 18 heavy (non-hydrogen) atoms. The Morgan fingerprint density at radius 2 is 1.67 bits per heavy atom. The molecular formula is C13H24N2O3. The van der Waals surface area contributed by atoms with Crippen molar-refractivity contribution in [2.24, 2.45) is 0 Å². The number of aliphatic carboxylic acids is 1. The van der Waals surface area contributed by atoms with Crippen LogP contribution in [-0.4, -0.2) is 48.1 Å². The van der Waals surface area contributed by atoms with Crippen LogP contribution in [0.5, 0.6) is 0 Å². The normalized spacial score (nSPS) is 12.3. The van der Waals surface area contributed by atoms with Crippen molar-refractivity contribution in [3.63, 3.8) is 0 Å². The van der Waals surface area contributed by atoms with Crippen molar-refractivity contribution < 1.29 is 14.7 Å². The second-order valence-electron chi connectivity index (χ2n) is 4.19. The second-order valence-corrected chi connectivity index (χ2v) is 4.19. The number of carboxylic acid groups (broad SMARTS) is 1. The zero-order valence-electron chi connectivity index (χ0n) is 11.7. The number of hydrogen-bond acceptors (Lipinski definition) is 3. The van der Waals surface area contributed by atoms with Crippen LogP contribution in [0.2, 0.25) is 0 Å². The zero-order chi connectivity index (χ0) is 14.1. The van der Waals surface area contributed by atoms with Gasteiger partial charge in [0.25, 0.3) is 0 Å². The molecule has 0 saturated heterocycles. The first-order chi connectivity index (χ1) is 8.43. The van der Waals surface area contributed by atoms with Gasteiger partial charge in [-0.25, -0.2) is 4.79 Å². The Kier molecular flexibility index (Phi) is 8.03. The Balaban J connectivity index is 4.05. The molecule has 1 amide bonds. The number of carbonyl (C=O) groups is 2. The van der Waals surface area contributed by atoms with E-state index in [2.05, 4.69) is 24.1 Å². The Labute approximate surface area is 109 Å². The summed E-state index contributed by atoms with van der Waals surface area (Å²) in [5.74, 6) is -1.35. The predicted octanol–water partition coefficient (Wildman–Crippen LogP) is 1.26. The summed E-state index contributed by atoms with van der Waals surface area (Å²) in [6, 6.07) is 0. The third kappa shape index (κ3) is 5.82. The maximum Gasteiger partial charge on any atom is 0.331 e. The number of nitrogens with zero attached hydrogens (tertiary/aromatic N) is 1. The van der Waals surface area contributed by atoms with E-state index in [9.17, 15) is 9.59 Å². The van der Waals surface area contributed by atoms with E-state index in [1.54, 1.807) is 0 Å². The lowest BCUT2D eigenvalue weighted by molar-refractivity contribution is -0.133. The minimum Gasteiger partial charge on any atom is -0.478 e. The van der Waals surface area contributed by atoms with Crippen molar-refractivity contribution in [2.45, 2.75) is 34.1 Å². The van der Waals surface area contributed by atoms with E-state index in [0.29, 0.717) is 6.54 Å². The summed E-state index contributed by atoms with van der Waals surface area (Å²) in [5, 5.41) is 11.5. The number of carboxylic acids is 1. The van der Waals surface area contributed by atoms with Crippen molar-refractivity contribution in [3.05, 3.63) is 11.1 Å². The molecule has 0 aliphatic heterocycles. The number of amides is 1. The summed E-state index contributed by atoms with van der Waals surface area (Å²) < 4.78 is 0. The van der Waals surface area contributed by atoms with Crippen LogP contribution in [0.25, 0.3) is 0 Å². The van der Waals surface area contributed by atoms with Gasteiger partial charge in [0.2, 0.25) is 5.91 Å². The van der Waals surface area contributed by atoms with E-state index >= 15 is 0 Å². The molecule has 0 unspecified atom stereocenters. The average Bonchev–Trinajstić information content (AvgIpc) is 2.36. The van der Waals surface area contributed by atoms with Crippen molar-refractivity contribution in [1.29, 1.82) is 0 Å². The van der Waals surface area contributed by atoms with Gasteiger partial charge in [0.1, 0.15) is 0 Å². The summed E-state index contributed by atoms with van der Waals surface area (Å²) >= 11 is 0. The monoisotopic (exact) mass is 256 g/mol. The van der Waals surface area contributed by atoms with Gasteiger partial charge < -0.3 is 15.3 Å². The van der Waals surface area contributed by atoms with Crippen LogP contribution in [0.3, 0.4) is 0 Å². The Bertz CT molecular complexity index is 320. The van der Waals surface area contributed by atoms with Crippen LogP contribution in [0.4, 0.5) is 0 Å². The Morgan fingerprint density at radius 3 is 2.11 bits per heavy atom. The molecular weight excluding hydrogens is 232 g/mol. The average molecular weight is 256 g/mol. The van der Waals surface area contributed by atoms with Crippen LogP contribution < -0.4 is 5.32 Å². The van der Waals surface area contributed by atoms with Gasteiger partial charge in [0, 0.05) is 17.7 Å². The highest BCUT2D eigenvalue weighted by Gasteiger charge is 2.11. The first-order valence-electron chi connectivity index (χ1n) is 6.35. The van der Waals surface area contributed by atoms with Gasteiger partial charge in [-0.05, 0) is 39.9 Å². The fourth-order valence-corrected chi connectivity index (χ4v) is 1.51. The van der Waals surface area contributed by atoms with Gasteiger partial charge in [-0.1, -0.05) is 13.8 Å². The molecule has 0 saturated carbocycles. The number of rotatable bonds is 8. The molecule has 0 atom stereocenters. The van der Waals surface area contributed by atoms with Crippen LogP contribution in [-0.2, 0) is 9.59 Å². The Morgan fingerprint density at radius 1 is 1.11 bits per heavy atom. The third-order valence-corrected chi connectivity index (χ3v) is 3.05. The Hall–Kier alpha value is -1.36. The van der Waals surface area contributed by atoms with Crippen LogP contribution in [0.15, 0.2) is 11.1 Å². The third-order valence-electron chi connectivity index (χ3n) is 3.05. The summed E-state index contributed by atoms with van der Waals surface area (Å²) in [6.07, 6.45) is 0.868. The first kappa shape index (κ1) is 16.6. The van der Waals surface area contributed by atoms with E-state index in [1.165, 1.54) is 13.8 Å². The van der Waals surface area contributed by atoms with E-state index in [4.69, 9.17) is 5.11 Å². The number of hydrogen-bond donors (Lipinski definition) is 2. The van der Waals surface area contributed by atoms with E-state index in [1.807, 2.05) is 0 Å². The highest BCUT2D eigenvalue weighted by Crippen LogP contribution is 2.03. The fourth-order valence-electron chi connectivity index (χ4n) is 1.51. The van der Waals surface area contributed by atoms with Gasteiger partial charge in [0.05, 0.1) is 0 Å². The van der Waals surface area contributed by atoms with Crippen molar-refractivity contribution in [3.8, 4) is 0 Å². The molecule has 0 fully saturated rings. The lowest BCUT2D eigenvalue weighted by Crippen LogP contribution is -2.30. The van der Waals surface area contributed by atoms with Crippen LogP contribution >= 0.6 is 0 Å². The smallest absolute Gasteiger partial charge is 0.331 e. The molecule has 104 valence electrons. The van der Waals surface area contributed by atoms with Crippen molar-refractivity contribution >= 4 is 11.9 Å². The number of carbonyl (C=O) groups excluding carboxylic acids is 1. The summed E-state index contributed by atoms with van der Waals surface area (Å²) in [4.78, 5) is 24.6.